The van der Waals surface area contributed by atoms with E-state index in [0.717, 1.165) is 24.7 Å². The van der Waals surface area contributed by atoms with Gasteiger partial charge in [-0.05, 0) is 65.4 Å². The molecule has 1 fully saturated rings. The normalized spacial score (nSPS) is 20.1. The molecule has 1 aliphatic heterocycles. The first-order valence-electron chi connectivity index (χ1n) is 7.54. The lowest BCUT2D eigenvalue weighted by Crippen LogP contribution is -2.50. The standard InChI is InChI=1S/C16H27N3S/c1-6-16(13-7-10-17-14(18-13)20-5)8-11-19(12-9-16)15(2,3)4/h7,10H,6,8-9,11-12H2,1-5H3. The maximum Gasteiger partial charge on any atom is 0.187 e. The minimum Gasteiger partial charge on any atom is -0.298 e. The predicted octanol–water partition coefficient (Wildman–Crippen LogP) is 3.74. The van der Waals surface area contributed by atoms with Crippen LogP contribution in [0, 0.1) is 0 Å². The molecule has 1 aromatic heterocycles. The minimum atomic E-state index is 0.245. The molecule has 0 amide bonds. The van der Waals surface area contributed by atoms with Crippen LogP contribution < -0.4 is 0 Å². The van der Waals surface area contributed by atoms with E-state index < -0.39 is 0 Å². The second kappa shape index (κ2) is 6.02. The quantitative estimate of drug-likeness (QED) is 0.627. The molecule has 0 bridgehead atoms. The van der Waals surface area contributed by atoms with Gasteiger partial charge in [-0.1, -0.05) is 18.7 Å². The molecular formula is C16H27N3S. The first kappa shape index (κ1) is 15.8. The molecule has 112 valence electrons. The molecule has 0 spiro atoms. The van der Waals surface area contributed by atoms with Gasteiger partial charge in [0.25, 0.3) is 0 Å². The Hall–Kier alpha value is -0.610. The van der Waals surface area contributed by atoms with Crippen LogP contribution in [-0.2, 0) is 5.41 Å². The number of thioether (sulfide) groups is 1. The van der Waals surface area contributed by atoms with Crippen LogP contribution >= 0.6 is 11.8 Å². The molecule has 4 heteroatoms. The van der Waals surface area contributed by atoms with Crippen molar-refractivity contribution in [3.8, 4) is 0 Å². The smallest absolute Gasteiger partial charge is 0.187 e. The third-order valence-electron chi connectivity index (χ3n) is 4.71. The lowest BCUT2D eigenvalue weighted by Gasteiger charge is -2.46. The van der Waals surface area contributed by atoms with Crippen LogP contribution in [-0.4, -0.2) is 39.8 Å². The van der Waals surface area contributed by atoms with Crippen LogP contribution in [0.4, 0.5) is 0 Å². The van der Waals surface area contributed by atoms with Gasteiger partial charge in [-0.2, -0.15) is 0 Å². The van der Waals surface area contributed by atoms with Crippen molar-refractivity contribution in [3.63, 3.8) is 0 Å². The highest BCUT2D eigenvalue weighted by Gasteiger charge is 2.38. The van der Waals surface area contributed by atoms with Crippen molar-refractivity contribution in [1.29, 1.82) is 0 Å². The summed E-state index contributed by atoms with van der Waals surface area (Å²) < 4.78 is 0. The van der Waals surface area contributed by atoms with E-state index in [-0.39, 0.29) is 11.0 Å². The number of nitrogens with zero attached hydrogens (tertiary/aromatic N) is 3. The van der Waals surface area contributed by atoms with Gasteiger partial charge in [-0.25, -0.2) is 9.97 Å². The molecule has 2 heterocycles. The summed E-state index contributed by atoms with van der Waals surface area (Å²) in [5.41, 5.74) is 1.76. The van der Waals surface area contributed by atoms with Crippen molar-refractivity contribution >= 4 is 11.8 Å². The molecule has 0 aliphatic carbocycles. The summed E-state index contributed by atoms with van der Waals surface area (Å²) in [5, 5.41) is 0.897. The van der Waals surface area contributed by atoms with Gasteiger partial charge in [0.05, 0.1) is 5.69 Å². The number of aromatic nitrogens is 2. The van der Waals surface area contributed by atoms with Gasteiger partial charge >= 0.3 is 0 Å². The summed E-state index contributed by atoms with van der Waals surface area (Å²) in [6, 6.07) is 2.12. The molecule has 20 heavy (non-hydrogen) atoms. The van der Waals surface area contributed by atoms with E-state index in [0.29, 0.717) is 0 Å². The van der Waals surface area contributed by atoms with Gasteiger partial charge in [0.15, 0.2) is 5.16 Å². The largest absolute Gasteiger partial charge is 0.298 e. The zero-order chi connectivity index (χ0) is 14.8. The van der Waals surface area contributed by atoms with Crippen LogP contribution in [0.2, 0.25) is 0 Å². The maximum atomic E-state index is 4.78. The third-order valence-corrected chi connectivity index (χ3v) is 5.27. The van der Waals surface area contributed by atoms with Crippen LogP contribution in [0.3, 0.4) is 0 Å². The maximum absolute atomic E-state index is 4.78. The molecule has 0 atom stereocenters. The van der Waals surface area contributed by atoms with E-state index in [2.05, 4.69) is 43.6 Å². The summed E-state index contributed by atoms with van der Waals surface area (Å²) in [6.07, 6.45) is 7.52. The van der Waals surface area contributed by atoms with Crippen LogP contribution in [0.15, 0.2) is 17.4 Å². The number of rotatable bonds is 3. The molecule has 1 aliphatic rings. The van der Waals surface area contributed by atoms with Crippen LogP contribution in [0.25, 0.3) is 0 Å². The van der Waals surface area contributed by atoms with Crippen molar-refractivity contribution < 1.29 is 0 Å². The molecule has 0 radical (unpaired) electrons. The Morgan fingerprint density at radius 1 is 1.30 bits per heavy atom. The number of hydrogen-bond acceptors (Lipinski definition) is 4. The molecule has 3 nitrogen and oxygen atoms in total. The second-order valence-electron chi connectivity index (χ2n) is 6.72. The molecule has 0 unspecified atom stereocenters. The Morgan fingerprint density at radius 3 is 2.45 bits per heavy atom. The minimum absolute atomic E-state index is 0.245. The predicted molar refractivity (Wildman–Crippen MR) is 86.3 cm³/mol. The fourth-order valence-electron chi connectivity index (χ4n) is 3.13. The van der Waals surface area contributed by atoms with Crippen molar-refractivity contribution in [2.45, 2.75) is 63.1 Å². The van der Waals surface area contributed by atoms with Gasteiger partial charge in [-0.15, -0.1) is 0 Å². The van der Waals surface area contributed by atoms with Crippen molar-refractivity contribution in [3.05, 3.63) is 18.0 Å². The Kier molecular flexibility index (Phi) is 4.75. The zero-order valence-electron chi connectivity index (χ0n) is 13.4. The van der Waals surface area contributed by atoms with Crippen LogP contribution in [0.1, 0.15) is 52.7 Å². The zero-order valence-corrected chi connectivity index (χ0v) is 14.3. The fraction of sp³-hybridized carbons (Fsp3) is 0.750. The summed E-state index contributed by atoms with van der Waals surface area (Å²) in [6.45, 7) is 11.5. The molecule has 1 saturated heterocycles. The first-order chi connectivity index (χ1) is 9.41. The Labute approximate surface area is 127 Å². The monoisotopic (exact) mass is 293 g/mol. The van der Waals surface area contributed by atoms with Crippen molar-refractivity contribution in [2.24, 2.45) is 0 Å². The van der Waals surface area contributed by atoms with Gasteiger partial charge in [-0.3, -0.25) is 4.90 Å². The van der Waals surface area contributed by atoms with Gasteiger partial charge < -0.3 is 0 Å². The number of hydrogen-bond donors (Lipinski definition) is 0. The lowest BCUT2D eigenvalue weighted by atomic mass is 9.73. The topological polar surface area (TPSA) is 29.0 Å². The summed E-state index contributed by atoms with van der Waals surface area (Å²) in [4.78, 5) is 11.7. The van der Waals surface area contributed by atoms with Gasteiger partial charge in [0.2, 0.25) is 0 Å². The van der Waals surface area contributed by atoms with Crippen LogP contribution in [0.5, 0.6) is 0 Å². The average Bonchev–Trinajstić information content (AvgIpc) is 2.46. The van der Waals surface area contributed by atoms with Crippen molar-refractivity contribution in [2.75, 3.05) is 19.3 Å². The number of piperidine rings is 1. The number of likely N-dealkylation sites (tertiary alicyclic amines) is 1. The first-order valence-corrected chi connectivity index (χ1v) is 8.76. The van der Waals surface area contributed by atoms with Crippen molar-refractivity contribution in [1.82, 2.24) is 14.9 Å². The van der Waals surface area contributed by atoms with E-state index in [1.54, 1.807) is 11.8 Å². The average molecular weight is 293 g/mol. The van der Waals surface area contributed by atoms with E-state index in [1.807, 2.05) is 12.5 Å². The Morgan fingerprint density at radius 2 is 1.95 bits per heavy atom. The molecule has 0 aromatic carbocycles. The van der Waals surface area contributed by atoms with E-state index in [4.69, 9.17) is 4.98 Å². The molecule has 2 rings (SSSR count). The highest BCUT2D eigenvalue weighted by Crippen LogP contribution is 2.39. The highest BCUT2D eigenvalue weighted by molar-refractivity contribution is 7.98. The van der Waals surface area contributed by atoms with E-state index >= 15 is 0 Å². The fourth-order valence-corrected chi connectivity index (χ4v) is 3.49. The summed E-state index contributed by atoms with van der Waals surface area (Å²) in [5.74, 6) is 0. The summed E-state index contributed by atoms with van der Waals surface area (Å²) >= 11 is 1.63. The van der Waals surface area contributed by atoms with Gasteiger partial charge in [0.1, 0.15) is 0 Å². The molecule has 0 saturated carbocycles. The third kappa shape index (κ3) is 3.17. The SMILES string of the molecule is CCC1(c2ccnc(SC)n2)CCN(C(C)(C)C)CC1. The highest BCUT2D eigenvalue weighted by atomic mass is 32.2. The molecule has 1 aromatic rings. The summed E-state index contributed by atoms with van der Waals surface area (Å²) in [7, 11) is 0. The Balaban J connectivity index is 2.20. The van der Waals surface area contributed by atoms with E-state index in [9.17, 15) is 0 Å². The Bertz CT molecular complexity index is 445. The van der Waals surface area contributed by atoms with Gasteiger partial charge in [0, 0.05) is 17.2 Å². The molecular weight excluding hydrogens is 266 g/mol. The molecule has 0 N–H and O–H groups in total. The lowest BCUT2D eigenvalue weighted by molar-refractivity contribution is 0.0710. The second-order valence-corrected chi connectivity index (χ2v) is 7.49. The van der Waals surface area contributed by atoms with E-state index in [1.165, 1.54) is 18.5 Å².